The number of nitrogens with two attached hydrogens (primary N) is 1. The molecule has 7 nitrogen and oxygen atoms in total. The topological polar surface area (TPSA) is 108 Å². The quantitative estimate of drug-likeness (QED) is 0.208. The summed E-state index contributed by atoms with van der Waals surface area (Å²) in [5.74, 6) is -0.413. The van der Waals surface area contributed by atoms with E-state index < -0.39 is 10.9 Å². The highest BCUT2D eigenvalue weighted by molar-refractivity contribution is 8.14. The van der Waals surface area contributed by atoms with Gasteiger partial charge in [-0.15, -0.1) is 0 Å². The zero-order valence-electron chi connectivity index (χ0n) is 14.0. The van der Waals surface area contributed by atoms with Crippen LogP contribution in [0.3, 0.4) is 0 Å². The average Bonchev–Trinajstić information content (AvgIpc) is 2.65. The van der Waals surface area contributed by atoms with E-state index in [2.05, 4.69) is 4.99 Å². The van der Waals surface area contributed by atoms with Gasteiger partial charge in [0, 0.05) is 17.4 Å². The lowest BCUT2D eigenvalue weighted by Gasteiger charge is -2.06. The summed E-state index contributed by atoms with van der Waals surface area (Å²) in [6.07, 6.45) is 1.44. The molecule has 2 aromatic carbocycles. The lowest BCUT2D eigenvalue weighted by molar-refractivity contribution is -0.385. The number of ether oxygens (including phenoxy) is 1. The van der Waals surface area contributed by atoms with E-state index in [0.717, 1.165) is 11.8 Å². The molecule has 0 radical (unpaired) electrons. The smallest absolute Gasteiger partial charge is 0.334 e. The van der Waals surface area contributed by atoms with Crippen molar-refractivity contribution in [1.29, 1.82) is 0 Å². The highest BCUT2D eigenvalue weighted by Crippen LogP contribution is 2.23. The SMILES string of the molecule is COC(=O)/C(=C/c1ccccc1[N+](=O)[O-])CSC(N)=Nc1ccccc1. The third-order valence-electron chi connectivity index (χ3n) is 3.28. The lowest BCUT2D eigenvalue weighted by atomic mass is 10.1. The Morgan fingerprint density at radius 1 is 1.23 bits per heavy atom. The predicted octanol–water partition coefficient (Wildman–Crippen LogP) is 3.53. The van der Waals surface area contributed by atoms with Crippen molar-refractivity contribution in [3.8, 4) is 0 Å². The standard InChI is InChI=1S/C18H17N3O4S/c1-25-17(22)14(11-13-7-5-6-10-16(13)21(23)24)12-26-18(19)20-15-8-3-2-4-9-15/h2-11H,12H2,1H3,(H2,19,20)/b14-11+. The summed E-state index contributed by atoms with van der Waals surface area (Å²) in [5, 5.41) is 11.4. The van der Waals surface area contributed by atoms with Gasteiger partial charge in [0.05, 0.1) is 23.3 Å². The molecule has 0 bridgehead atoms. The fraction of sp³-hybridized carbons (Fsp3) is 0.111. The van der Waals surface area contributed by atoms with E-state index in [1.54, 1.807) is 30.3 Å². The maximum absolute atomic E-state index is 12.0. The van der Waals surface area contributed by atoms with E-state index in [1.165, 1.54) is 19.3 Å². The highest BCUT2D eigenvalue weighted by atomic mass is 32.2. The van der Waals surface area contributed by atoms with Gasteiger partial charge in [-0.25, -0.2) is 9.79 Å². The molecule has 0 saturated carbocycles. The average molecular weight is 371 g/mol. The normalized spacial score (nSPS) is 11.9. The summed E-state index contributed by atoms with van der Waals surface area (Å²) >= 11 is 1.15. The lowest BCUT2D eigenvalue weighted by Crippen LogP contribution is -2.12. The van der Waals surface area contributed by atoms with E-state index in [0.29, 0.717) is 11.3 Å². The van der Waals surface area contributed by atoms with Crippen LogP contribution in [0.4, 0.5) is 11.4 Å². The van der Waals surface area contributed by atoms with Gasteiger partial charge < -0.3 is 10.5 Å². The van der Waals surface area contributed by atoms with Crippen LogP contribution in [0, 0.1) is 10.1 Å². The molecule has 0 unspecified atom stereocenters. The number of thioether (sulfide) groups is 1. The first-order valence-electron chi connectivity index (χ1n) is 7.55. The molecule has 8 heteroatoms. The van der Waals surface area contributed by atoms with Crippen LogP contribution < -0.4 is 5.73 Å². The number of para-hydroxylation sites is 2. The number of carbonyl (C=O) groups excluding carboxylic acids is 1. The van der Waals surface area contributed by atoms with Crippen LogP contribution in [0.15, 0.2) is 65.2 Å². The molecule has 2 N–H and O–H groups in total. The van der Waals surface area contributed by atoms with Gasteiger partial charge in [0.25, 0.3) is 5.69 Å². The molecule has 0 atom stereocenters. The summed E-state index contributed by atoms with van der Waals surface area (Å²) < 4.78 is 4.76. The molecule has 0 aliphatic heterocycles. The summed E-state index contributed by atoms with van der Waals surface area (Å²) in [7, 11) is 1.25. The zero-order chi connectivity index (χ0) is 18.9. The van der Waals surface area contributed by atoms with Gasteiger partial charge in [0.1, 0.15) is 0 Å². The molecule has 26 heavy (non-hydrogen) atoms. The molecule has 0 saturated heterocycles. The number of nitro groups is 1. The van der Waals surface area contributed by atoms with E-state index in [4.69, 9.17) is 10.5 Å². The summed E-state index contributed by atoms with van der Waals surface area (Å²) in [4.78, 5) is 26.9. The predicted molar refractivity (Wildman–Crippen MR) is 103 cm³/mol. The van der Waals surface area contributed by atoms with Crippen molar-refractivity contribution in [1.82, 2.24) is 0 Å². The second kappa shape index (κ2) is 9.38. The number of aliphatic imine (C=N–C) groups is 1. The van der Waals surface area contributed by atoms with Crippen LogP contribution in [-0.2, 0) is 9.53 Å². The molecule has 2 aromatic rings. The Kier molecular flexibility index (Phi) is 6.92. The van der Waals surface area contributed by atoms with Gasteiger partial charge in [-0.2, -0.15) is 0 Å². The Bertz CT molecular complexity index is 851. The number of esters is 1. The number of rotatable bonds is 6. The molecule has 0 aromatic heterocycles. The van der Waals surface area contributed by atoms with Crippen molar-refractivity contribution in [2.75, 3.05) is 12.9 Å². The summed E-state index contributed by atoms with van der Waals surface area (Å²) in [6.45, 7) is 0. The Morgan fingerprint density at radius 2 is 1.88 bits per heavy atom. The van der Waals surface area contributed by atoms with Crippen molar-refractivity contribution in [2.24, 2.45) is 10.7 Å². The first-order valence-corrected chi connectivity index (χ1v) is 8.54. The minimum Gasteiger partial charge on any atom is -0.466 e. The van der Waals surface area contributed by atoms with Crippen LogP contribution in [0.1, 0.15) is 5.56 Å². The molecule has 0 aliphatic carbocycles. The van der Waals surface area contributed by atoms with Gasteiger partial charge in [0.2, 0.25) is 0 Å². The molecular weight excluding hydrogens is 354 g/mol. The maximum Gasteiger partial charge on any atom is 0.334 e. The van der Waals surface area contributed by atoms with Gasteiger partial charge in [-0.3, -0.25) is 10.1 Å². The number of benzene rings is 2. The molecule has 0 amide bonds. The van der Waals surface area contributed by atoms with E-state index in [1.807, 2.05) is 18.2 Å². The van der Waals surface area contributed by atoms with Gasteiger partial charge in [-0.05, 0) is 24.3 Å². The van der Waals surface area contributed by atoms with Crippen LogP contribution in [-0.4, -0.2) is 28.9 Å². The molecule has 134 valence electrons. The Balaban J connectivity index is 2.22. The first-order chi connectivity index (χ1) is 12.5. The summed E-state index contributed by atoms with van der Waals surface area (Å²) in [5.41, 5.74) is 7.06. The largest absolute Gasteiger partial charge is 0.466 e. The molecular formula is C18H17N3O4S. The van der Waals surface area contributed by atoms with Crippen LogP contribution in [0.2, 0.25) is 0 Å². The Morgan fingerprint density at radius 3 is 2.54 bits per heavy atom. The molecule has 0 spiro atoms. The van der Waals surface area contributed by atoms with Crippen LogP contribution >= 0.6 is 11.8 Å². The monoisotopic (exact) mass is 371 g/mol. The number of amidine groups is 1. The Labute approximate surface area is 154 Å². The molecule has 0 fully saturated rings. The zero-order valence-corrected chi connectivity index (χ0v) is 14.8. The second-order valence-corrected chi connectivity index (χ2v) is 6.05. The fourth-order valence-corrected chi connectivity index (χ4v) is 2.74. The van der Waals surface area contributed by atoms with Crippen LogP contribution in [0.5, 0.6) is 0 Å². The summed E-state index contributed by atoms with van der Waals surface area (Å²) in [6, 6.07) is 15.3. The number of hydrogen-bond acceptors (Lipinski definition) is 6. The molecule has 2 rings (SSSR count). The number of carbonyl (C=O) groups is 1. The minimum absolute atomic E-state index is 0.0928. The van der Waals surface area contributed by atoms with Gasteiger partial charge in [0.15, 0.2) is 5.17 Å². The van der Waals surface area contributed by atoms with Crippen molar-refractivity contribution < 1.29 is 14.5 Å². The van der Waals surface area contributed by atoms with Crippen molar-refractivity contribution in [2.45, 2.75) is 0 Å². The third kappa shape index (κ3) is 5.45. The van der Waals surface area contributed by atoms with Crippen molar-refractivity contribution in [3.05, 3.63) is 75.8 Å². The molecule has 0 heterocycles. The van der Waals surface area contributed by atoms with E-state index >= 15 is 0 Å². The third-order valence-corrected chi connectivity index (χ3v) is 4.12. The second-order valence-electron chi connectivity index (χ2n) is 5.05. The van der Waals surface area contributed by atoms with E-state index in [9.17, 15) is 14.9 Å². The minimum atomic E-state index is -0.580. The molecule has 0 aliphatic rings. The fourth-order valence-electron chi connectivity index (χ4n) is 2.07. The van der Waals surface area contributed by atoms with Gasteiger partial charge in [-0.1, -0.05) is 42.1 Å². The highest BCUT2D eigenvalue weighted by Gasteiger charge is 2.16. The number of methoxy groups -OCH3 is 1. The number of hydrogen-bond donors (Lipinski definition) is 1. The van der Waals surface area contributed by atoms with E-state index in [-0.39, 0.29) is 22.2 Å². The number of nitrogens with zero attached hydrogens (tertiary/aromatic N) is 2. The van der Waals surface area contributed by atoms with Crippen molar-refractivity contribution in [3.63, 3.8) is 0 Å². The number of nitro benzene ring substituents is 1. The Hall–Kier alpha value is -3.13. The van der Waals surface area contributed by atoms with Crippen molar-refractivity contribution >= 4 is 40.3 Å². The van der Waals surface area contributed by atoms with Gasteiger partial charge >= 0.3 is 5.97 Å². The maximum atomic E-state index is 12.0. The first kappa shape index (κ1) is 19.2. The van der Waals surface area contributed by atoms with Crippen LogP contribution in [0.25, 0.3) is 6.08 Å².